The van der Waals surface area contributed by atoms with Crippen LogP contribution >= 0.6 is 0 Å². The van der Waals surface area contributed by atoms with Crippen molar-refractivity contribution in [2.45, 2.75) is 71.4 Å². The van der Waals surface area contributed by atoms with E-state index >= 15 is 0 Å². The number of nitrogens with zero attached hydrogens (tertiary/aromatic N) is 1. The Hall–Kier alpha value is -0.476. The van der Waals surface area contributed by atoms with Gasteiger partial charge in [0.05, 0.1) is 27.2 Å². The zero-order valence-corrected chi connectivity index (χ0v) is 21.3. The standard InChI is InChI=1S/C20H44NO4Si2/c1-10-11-13-21(4,5)16-19(24-20(22)18(2)3)17-23-14-12-15-26(6)25-27(7,8)9/h19,26H,2,10-17H2,1,3-9H3/q+1. The smallest absolute Gasteiger partial charge is 0.333 e. The number of carbonyl (C=O) groups is 1. The summed E-state index contributed by atoms with van der Waals surface area (Å²) in [5.74, 6) is -0.330. The van der Waals surface area contributed by atoms with Crippen molar-refractivity contribution < 1.29 is 22.9 Å². The van der Waals surface area contributed by atoms with Crippen molar-refractivity contribution in [1.29, 1.82) is 0 Å². The molecular formula is C20H44NO4Si2+. The van der Waals surface area contributed by atoms with Crippen molar-refractivity contribution >= 4 is 23.3 Å². The van der Waals surface area contributed by atoms with Crippen molar-refractivity contribution in [2.24, 2.45) is 0 Å². The second kappa shape index (κ2) is 12.9. The van der Waals surface area contributed by atoms with E-state index in [4.69, 9.17) is 13.6 Å². The van der Waals surface area contributed by atoms with Crippen molar-refractivity contribution in [3.05, 3.63) is 12.2 Å². The molecule has 0 aliphatic rings. The highest BCUT2D eigenvalue weighted by Gasteiger charge is 2.25. The van der Waals surface area contributed by atoms with E-state index < -0.39 is 17.4 Å². The van der Waals surface area contributed by atoms with Gasteiger partial charge in [-0.3, -0.25) is 0 Å². The lowest BCUT2D eigenvalue weighted by Crippen LogP contribution is -2.48. The largest absolute Gasteiger partial charge is 0.458 e. The molecule has 0 aliphatic heterocycles. The predicted octanol–water partition coefficient (Wildman–Crippen LogP) is 3.96. The average Bonchev–Trinajstić information content (AvgIpc) is 2.50. The maximum absolute atomic E-state index is 12.0. The summed E-state index contributed by atoms with van der Waals surface area (Å²) >= 11 is 0. The van der Waals surface area contributed by atoms with Gasteiger partial charge in [0, 0.05) is 12.2 Å². The summed E-state index contributed by atoms with van der Waals surface area (Å²) in [6.45, 7) is 19.5. The van der Waals surface area contributed by atoms with E-state index in [1.165, 1.54) is 0 Å². The van der Waals surface area contributed by atoms with E-state index in [2.05, 4.69) is 53.8 Å². The third-order valence-electron chi connectivity index (χ3n) is 4.19. The average molecular weight is 419 g/mol. The maximum atomic E-state index is 12.0. The Balaban J connectivity index is 4.43. The van der Waals surface area contributed by atoms with Gasteiger partial charge in [-0.15, -0.1) is 0 Å². The molecular weight excluding hydrogens is 374 g/mol. The molecule has 27 heavy (non-hydrogen) atoms. The number of unbranched alkanes of at least 4 members (excludes halogenated alkanes) is 1. The van der Waals surface area contributed by atoms with Gasteiger partial charge in [-0.1, -0.05) is 19.9 Å². The summed E-state index contributed by atoms with van der Waals surface area (Å²) in [4.78, 5) is 12.0. The first-order valence-electron chi connectivity index (χ1n) is 10.3. The Morgan fingerprint density at radius 2 is 1.85 bits per heavy atom. The van der Waals surface area contributed by atoms with Crippen LogP contribution in [0.25, 0.3) is 0 Å². The maximum Gasteiger partial charge on any atom is 0.333 e. The van der Waals surface area contributed by atoms with Crippen LogP contribution < -0.4 is 0 Å². The van der Waals surface area contributed by atoms with Gasteiger partial charge in [0.2, 0.25) is 0 Å². The van der Waals surface area contributed by atoms with Crippen LogP contribution in [-0.2, 0) is 18.4 Å². The number of hydrogen-bond acceptors (Lipinski definition) is 4. The lowest BCUT2D eigenvalue weighted by atomic mass is 10.2. The normalized spacial score (nSPS) is 14.7. The Morgan fingerprint density at radius 3 is 2.37 bits per heavy atom. The molecule has 7 heteroatoms. The monoisotopic (exact) mass is 418 g/mol. The van der Waals surface area contributed by atoms with Crippen LogP contribution in [0.5, 0.6) is 0 Å². The lowest BCUT2D eigenvalue weighted by molar-refractivity contribution is -0.893. The number of likely N-dealkylation sites (N-methyl/N-ethyl adjacent to an activating group) is 1. The number of hydrogen-bond donors (Lipinski definition) is 0. The molecule has 2 unspecified atom stereocenters. The minimum absolute atomic E-state index is 0.242. The highest BCUT2D eigenvalue weighted by molar-refractivity contribution is 6.77. The molecule has 0 saturated carbocycles. The summed E-state index contributed by atoms with van der Waals surface area (Å²) in [5.41, 5.74) is 0.433. The topological polar surface area (TPSA) is 44.8 Å². The first-order chi connectivity index (χ1) is 12.4. The molecule has 0 N–H and O–H groups in total. The van der Waals surface area contributed by atoms with Gasteiger partial charge < -0.3 is 18.1 Å². The van der Waals surface area contributed by atoms with Crippen LogP contribution in [0.15, 0.2) is 12.2 Å². The number of quaternary nitrogens is 1. The van der Waals surface area contributed by atoms with E-state index in [0.717, 1.165) is 42.9 Å². The van der Waals surface area contributed by atoms with Crippen LogP contribution in [0.4, 0.5) is 0 Å². The first kappa shape index (κ1) is 26.5. The van der Waals surface area contributed by atoms with Gasteiger partial charge in [-0.2, -0.15) is 0 Å². The zero-order chi connectivity index (χ0) is 21.1. The van der Waals surface area contributed by atoms with Gasteiger partial charge in [0.25, 0.3) is 0 Å². The summed E-state index contributed by atoms with van der Waals surface area (Å²) in [6.07, 6.45) is 3.09. The quantitative estimate of drug-likeness (QED) is 0.133. The Kier molecular flexibility index (Phi) is 12.7. The van der Waals surface area contributed by atoms with Crippen molar-refractivity contribution in [1.82, 2.24) is 0 Å². The molecule has 5 nitrogen and oxygen atoms in total. The molecule has 160 valence electrons. The van der Waals surface area contributed by atoms with Crippen molar-refractivity contribution in [3.63, 3.8) is 0 Å². The van der Waals surface area contributed by atoms with Crippen LogP contribution in [0.3, 0.4) is 0 Å². The molecule has 0 aliphatic carbocycles. The predicted molar refractivity (Wildman–Crippen MR) is 119 cm³/mol. The summed E-state index contributed by atoms with van der Waals surface area (Å²) in [6, 6.07) is 1.12. The molecule has 0 spiro atoms. The molecule has 0 amide bonds. The van der Waals surface area contributed by atoms with Crippen LogP contribution in [0, 0.1) is 0 Å². The fraction of sp³-hybridized carbons (Fsp3) is 0.850. The molecule has 0 saturated heterocycles. The van der Waals surface area contributed by atoms with Gasteiger partial charge >= 0.3 is 5.97 Å². The second-order valence-electron chi connectivity index (χ2n) is 9.26. The van der Waals surface area contributed by atoms with Crippen molar-refractivity contribution in [3.8, 4) is 0 Å². The molecule has 2 atom stereocenters. The summed E-state index contributed by atoms with van der Waals surface area (Å²) < 4.78 is 18.5. The number of rotatable bonds is 15. The molecule has 0 aromatic heterocycles. The van der Waals surface area contributed by atoms with Crippen molar-refractivity contribution in [2.75, 3.05) is 40.4 Å². The van der Waals surface area contributed by atoms with Crippen LogP contribution in [0.2, 0.25) is 32.2 Å². The van der Waals surface area contributed by atoms with E-state index in [-0.39, 0.29) is 12.1 Å². The molecule has 0 radical (unpaired) electrons. The van der Waals surface area contributed by atoms with Gasteiger partial charge in [0.1, 0.15) is 6.54 Å². The van der Waals surface area contributed by atoms with E-state index in [0.29, 0.717) is 18.8 Å². The fourth-order valence-electron chi connectivity index (χ4n) is 2.95. The second-order valence-corrected chi connectivity index (χ2v) is 16.6. The number of ether oxygens (including phenoxy) is 2. The SMILES string of the molecule is C=C(C)C(=O)OC(COCCC[SiH](C)O[Si](C)(C)C)C[N+](C)(C)CCCC. The Morgan fingerprint density at radius 1 is 1.22 bits per heavy atom. The minimum Gasteiger partial charge on any atom is -0.458 e. The molecule has 0 heterocycles. The molecule has 0 fully saturated rings. The first-order valence-corrected chi connectivity index (χ1v) is 16.2. The molecule has 0 aromatic carbocycles. The Bertz CT molecular complexity index is 450. The van der Waals surface area contributed by atoms with E-state index in [1.54, 1.807) is 6.92 Å². The van der Waals surface area contributed by atoms with Gasteiger partial charge in [-0.25, -0.2) is 4.79 Å². The van der Waals surface area contributed by atoms with E-state index in [1.807, 2.05) is 0 Å². The number of carbonyl (C=O) groups excluding carboxylic acids is 1. The molecule has 0 aromatic rings. The van der Waals surface area contributed by atoms with Crippen LogP contribution in [0.1, 0.15) is 33.1 Å². The Labute approximate surface area is 170 Å². The van der Waals surface area contributed by atoms with Crippen LogP contribution in [-0.4, -0.2) is 74.3 Å². The minimum atomic E-state index is -1.42. The molecule has 0 bridgehead atoms. The highest BCUT2D eigenvalue weighted by atomic mass is 28.4. The van der Waals surface area contributed by atoms with Gasteiger partial charge in [0.15, 0.2) is 23.5 Å². The third kappa shape index (κ3) is 15.2. The third-order valence-corrected chi connectivity index (χ3v) is 9.85. The zero-order valence-electron chi connectivity index (χ0n) is 19.1. The van der Waals surface area contributed by atoms with Gasteiger partial charge in [-0.05, 0) is 52.0 Å². The number of esters is 1. The molecule has 0 rings (SSSR count). The lowest BCUT2D eigenvalue weighted by Gasteiger charge is -2.33. The van der Waals surface area contributed by atoms with E-state index in [9.17, 15) is 4.79 Å². The fourth-order valence-corrected chi connectivity index (χ4v) is 9.00. The highest BCUT2D eigenvalue weighted by Crippen LogP contribution is 2.11. The summed E-state index contributed by atoms with van der Waals surface area (Å²) in [5, 5.41) is 0. The summed E-state index contributed by atoms with van der Waals surface area (Å²) in [7, 11) is 1.84.